The maximum atomic E-state index is 11.6. The average molecular weight is 348 g/mol. The summed E-state index contributed by atoms with van der Waals surface area (Å²) in [5.41, 5.74) is 0.975. The van der Waals surface area contributed by atoms with Crippen LogP contribution in [0.15, 0.2) is 24.3 Å². The van der Waals surface area contributed by atoms with E-state index in [0.717, 1.165) is 9.26 Å². The van der Waals surface area contributed by atoms with Crippen LogP contribution in [0.2, 0.25) is 0 Å². The Morgan fingerprint density at radius 3 is 2.82 bits per heavy atom. The van der Waals surface area contributed by atoms with Crippen LogP contribution in [0.25, 0.3) is 0 Å². The highest BCUT2D eigenvalue weighted by molar-refractivity contribution is 14.1. The minimum Gasteiger partial charge on any atom is -0.383 e. The molecular weight excluding hydrogens is 331 g/mol. The number of halogens is 1. The van der Waals surface area contributed by atoms with Gasteiger partial charge in [-0.25, -0.2) is 0 Å². The summed E-state index contributed by atoms with van der Waals surface area (Å²) in [6.07, 6.45) is 0. The molecule has 1 aromatic carbocycles. The molecule has 0 fully saturated rings. The number of rotatable bonds is 6. The molecule has 4 nitrogen and oxygen atoms in total. The van der Waals surface area contributed by atoms with Crippen LogP contribution in [-0.2, 0) is 9.53 Å². The van der Waals surface area contributed by atoms with Gasteiger partial charge in [-0.3, -0.25) is 4.79 Å². The molecule has 17 heavy (non-hydrogen) atoms. The number of benzene rings is 1. The number of hydrogen-bond acceptors (Lipinski definition) is 3. The molecule has 0 spiro atoms. The zero-order valence-electron chi connectivity index (χ0n) is 10.00. The average Bonchev–Trinajstić information content (AvgIpc) is 2.28. The molecule has 1 amide bonds. The van der Waals surface area contributed by atoms with Gasteiger partial charge in [0.25, 0.3) is 0 Å². The summed E-state index contributed by atoms with van der Waals surface area (Å²) in [6.45, 7) is 2.70. The Labute approximate surface area is 115 Å². The van der Waals surface area contributed by atoms with Crippen LogP contribution >= 0.6 is 22.6 Å². The summed E-state index contributed by atoms with van der Waals surface area (Å²) in [7, 11) is 1.62. The van der Waals surface area contributed by atoms with Crippen LogP contribution in [0.3, 0.4) is 0 Å². The molecule has 0 heterocycles. The Morgan fingerprint density at radius 1 is 1.47 bits per heavy atom. The second-order valence-corrected chi connectivity index (χ2v) is 4.92. The standard InChI is InChI=1S/C12H17IN2O2/c1-9(8-17-2)15-12(16)7-14-11-6-4-3-5-10(11)13/h3-6,9,14H,7-8H2,1-2H3,(H,15,16). The largest absolute Gasteiger partial charge is 0.383 e. The molecule has 0 saturated carbocycles. The molecule has 0 aliphatic rings. The normalized spacial score (nSPS) is 11.9. The van der Waals surface area contributed by atoms with E-state index >= 15 is 0 Å². The molecule has 0 aliphatic heterocycles. The number of hydrogen-bond donors (Lipinski definition) is 2. The fraction of sp³-hybridized carbons (Fsp3) is 0.417. The zero-order valence-corrected chi connectivity index (χ0v) is 12.2. The van der Waals surface area contributed by atoms with Crippen LogP contribution in [0.5, 0.6) is 0 Å². The lowest BCUT2D eigenvalue weighted by atomic mass is 10.3. The number of methoxy groups -OCH3 is 1. The van der Waals surface area contributed by atoms with E-state index < -0.39 is 0 Å². The van der Waals surface area contributed by atoms with Crippen molar-refractivity contribution in [2.45, 2.75) is 13.0 Å². The summed E-state index contributed by atoms with van der Waals surface area (Å²) < 4.78 is 6.05. The van der Waals surface area contributed by atoms with Crippen molar-refractivity contribution in [2.75, 3.05) is 25.6 Å². The van der Waals surface area contributed by atoms with E-state index in [1.165, 1.54) is 0 Å². The van der Waals surface area contributed by atoms with E-state index in [1.54, 1.807) is 7.11 Å². The summed E-state index contributed by atoms with van der Waals surface area (Å²) in [6, 6.07) is 7.88. The second-order valence-electron chi connectivity index (χ2n) is 3.76. The lowest BCUT2D eigenvalue weighted by molar-refractivity contribution is -0.120. The molecule has 0 aromatic heterocycles. The van der Waals surface area contributed by atoms with Gasteiger partial charge in [0.05, 0.1) is 13.2 Å². The zero-order chi connectivity index (χ0) is 12.7. The van der Waals surface area contributed by atoms with Crippen LogP contribution in [0, 0.1) is 3.57 Å². The molecule has 1 atom stereocenters. The van der Waals surface area contributed by atoms with E-state index in [9.17, 15) is 4.79 Å². The van der Waals surface area contributed by atoms with Gasteiger partial charge in [-0.2, -0.15) is 0 Å². The smallest absolute Gasteiger partial charge is 0.239 e. The van der Waals surface area contributed by atoms with Gasteiger partial charge in [0.15, 0.2) is 0 Å². The maximum Gasteiger partial charge on any atom is 0.239 e. The Morgan fingerprint density at radius 2 is 2.18 bits per heavy atom. The van der Waals surface area contributed by atoms with Crippen LogP contribution < -0.4 is 10.6 Å². The van der Waals surface area contributed by atoms with E-state index in [2.05, 4.69) is 33.2 Å². The van der Waals surface area contributed by atoms with Crippen LogP contribution in [0.4, 0.5) is 5.69 Å². The predicted molar refractivity (Wildman–Crippen MR) is 77.1 cm³/mol. The highest BCUT2D eigenvalue weighted by atomic mass is 127. The van der Waals surface area contributed by atoms with Crippen molar-refractivity contribution in [1.82, 2.24) is 5.32 Å². The maximum absolute atomic E-state index is 11.6. The fourth-order valence-electron chi connectivity index (χ4n) is 1.40. The topological polar surface area (TPSA) is 50.4 Å². The van der Waals surface area contributed by atoms with Crippen molar-refractivity contribution in [3.8, 4) is 0 Å². The quantitative estimate of drug-likeness (QED) is 0.772. The molecule has 2 N–H and O–H groups in total. The van der Waals surface area contributed by atoms with Crippen molar-refractivity contribution >= 4 is 34.2 Å². The lowest BCUT2D eigenvalue weighted by Crippen LogP contribution is -2.39. The first-order valence-corrected chi connectivity index (χ1v) is 6.48. The third-order valence-electron chi connectivity index (χ3n) is 2.14. The number of amides is 1. The van der Waals surface area contributed by atoms with Gasteiger partial charge >= 0.3 is 0 Å². The minimum absolute atomic E-state index is 0.0316. The summed E-state index contributed by atoms with van der Waals surface area (Å²) in [4.78, 5) is 11.6. The Kier molecular flexibility index (Phi) is 6.28. The summed E-state index contributed by atoms with van der Waals surface area (Å²) >= 11 is 2.23. The second kappa shape index (κ2) is 7.50. The van der Waals surface area contributed by atoms with Crippen LogP contribution in [-0.4, -0.2) is 32.2 Å². The van der Waals surface area contributed by atoms with Gasteiger partial charge in [-0.05, 0) is 41.6 Å². The van der Waals surface area contributed by atoms with Gasteiger partial charge in [0, 0.05) is 22.4 Å². The van der Waals surface area contributed by atoms with E-state index in [0.29, 0.717) is 6.61 Å². The van der Waals surface area contributed by atoms with Gasteiger partial charge < -0.3 is 15.4 Å². The summed E-state index contributed by atoms with van der Waals surface area (Å²) in [5, 5.41) is 5.94. The first-order chi connectivity index (χ1) is 8.13. The van der Waals surface area contributed by atoms with Crippen molar-refractivity contribution in [2.24, 2.45) is 0 Å². The van der Waals surface area contributed by atoms with E-state index in [1.807, 2.05) is 31.2 Å². The van der Waals surface area contributed by atoms with Crippen LogP contribution in [0.1, 0.15) is 6.92 Å². The molecule has 1 aromatic rings. The Balaban J connectivity index is 2.36. The molecule has 0 saturated heterocycles. The fourth-order valence-corrected chi connectivity index (χ4v) is 1.98. The molecular formula is C12H17IN2O2. The van der Waals surface area contributed by atoms with E-state index in [-0.39, 0.29) is 18.5 Å². The Bertz CT molecular complexity index is 371. The lowest BCUT2D eigenvalue weighted by Gasteiger charge is -2.13. The molecule has 5 heteroatoms. The van der Waals surface area contributed by atoms with Gasteiger partial charge in [0.2, 0.25) is 5.91 Å². The number of ether oxygens (including phenoxy) is 1. The SMILES string of the molecule is COCC(C)NC(=O)CNc1ccccc1I. The van der Waals surface area contributed by atoms with Crippen molar-refractivity contribution in [3.05, 3.63) is 27.8 Å². The first-order valence-electron chi connectivity index (χ1n) is 5.40. The highest BCUT2D eigenvalue weighted by Gasteiger charge is 2.07. The number of para-hydroxylation sites is 1. The number of anilines is 1. The highest BCUT2D eigenvalue weighted by Crippen LogP contribution is 2.16. The Hall–Kier alpha value is -0.820. The first kappa shape index (κ1) is 14.2. The monoisotopic (exact) mass is 348 g/mol. The minimum atomic E-state index is -0.0331. The molecule has 0 radical (unpaired) electrons. The van der Waals surface area contributed by atoms with E-state index in [4.69, 9.17) is 4.74 Å². The summed E-state index contributed by atoms with van der Waals surface area (Å²) in [5.74, 6) is -0.0331. The molecule has 1 rings (SSSR count). The van der Waals surface area contributed by atoms with Crippen molar-refractivity contribution in [1.29, 1.82) is 0 Å². The van der Waals surface area contributed by atoms with Gasteiger partial charge in [-0.15, -0.1) is 0 Å². The number of carbonyl (C=O) groups excluding carboxylic acids is 1. The molecule has 0 bridgehead atoms. The predicted octanol–water partition coefficient (Wildman–Crippen LogP) is 1.85. The molecule has 0 aliphatic carbocycles. The molecule has 1 unspecified atom stereocenters. The van der Waals surface area contributed by atoms with Gasteiger partial charge in [-0.1, -0.05) is 12.1 Å². The van der Waals surface area contributed by atoms with Gasteiger partial charge in [0.1, 0.15) is 0 Å². The third-order valence-corrected chi connectivity index (χ3v) is 3.08. The number of nitrogens with one attached hydrogen (secondary N) is 2. The van der Waals surface area contributed by atoms with Crippen molar-refractivity contribution in [3.63, 3.8) is 0 Å². The third kappa shape index (κ3) is 5.36. The molecule has 94 valence electrons. The van der Waals surface area contributed by atoms with Crippen molar-refractivity contribution < 1.29 is 9.53 Å². The number of carbonyl (C=O) groups is 1.